The first-order chi connectivity index (χ1) is 11.5. The van der Waals surface area contributed by atoms with Crippen molar-refractivity contribution in [3.05, 3.63) is 75.5 Å². The van der Waals surface area contributed by atoms with Gasteiger partial charge in [0.2, 0.25) is 0 Å². The van der Waals surface area contributed by atoms with Crippen molar-refractivity contribution in [2.45, 2.75) is 20.8 Å². The van der Waals surface area contributed by atoms with Crippen LogP contribution in [0.4, 0.5) is 5.69 Å². The van der Waals surface area contributed by atoms with Crippen LogP contribution in [0.5, 0.6) is 0 Å². The summed E-state index contributed by atoms with van der Waals surface area (Å²) in [4.78, 5) is 12.8. The fraction of sp³-hybridized carbons (Fsp3) is 0.158. The Kier molecular flexibility index (Phi) is 4.53. The minimum absolute atomic E-state index is 0.141. The van der Waals surface area contributed by atoms with E-state index in [4.69, 9.17) is 0 Å². The van der Waals surface area contributed by atoms with Gasteiger partial charge in [0.25, 0.3) is 5.91 Å². The normalized spacial score (nSPS) is 10.7. The number of rotatable bonds is 3. The Morgan fingerprint density at radius 3 is 2.46 bits per heavy atom. The van der Waals surface area contributed by atoms with E-state index in [1.165, 1.54) is 0 Å². The highest BCUT2D eigenvalue weighted by Crippen LogP contribution is 2.23. The van der Waals surface area contributed by atoms with Crippen LogP contribution < -0.4 is 5.32 Å². The van der Waals surface area contributed by atoms with Gasteiger partial charge in [-0.3, -0.25) is 4.79 Å². The van der Waals surface area contributed by atoms with E-state index in [0.717, 1.165) is 27.1 Å². The van der Waals surface area contributed by atoms with Crippen LogP contribution in [0.25, 0.3) is 5.69 Å². The number of aromatic nitrogens is 2. The predicted octanol–water partition coefficient (Wildman–Crippen LogP) is 4.81. The van der Waals surface area contributed by atoms with E-state index in [-0.39, 0.29) is 5.91 Å². The number of hydrogen-bond donors (Lipinski definition) is 1. The Morgan fingerprint density at radius 2 is 1.79 bits per heavy atom. The van der Waals surface area contributed by atoms with Crippen molar-refractivity contribution < 1.29 is 4.79 Å². The van der Waals surface area contributed by atoms with Gasteiger partial charge in [0.05, 0.1) is 22.6 Å². The van der Waals surface area contributed by atoms with Gasteiger partial charge >= 0.3 is 0 Å². The number of aryl methyl sites for hydroxylation is 2. The number of anilines is 1. The second-order valence-electron chi connectivity index (χ2n) is 5.71. The first kappa shape index (κ1) is 16.5. The van der Waals surface area contributed by atoms with E-state index in [1.807, 2.05) is 69.3 Å². The second kappa shape index (κ2) is 6.61. The van der Waals surface area contributed by atoms with Crippen molar-refractivity contribution in [3.8, 4) is 5.69 Å². The molecule has 1 aromatic heterocycles. The summed E-state index contributed by atoms with van der Waals surface area (Å²) in [5.74, 6) is -0.141. The Morgan fingerprint density at radius 1 is 1.08 bits per heavy atom. The van der Waals surface area contributed by atoms with Crippen LogP contribution in [0.2, 0.25) is 0 Å². The molecule has 1 heterocycles. The quantitative estimate of drug-likeness (QED) is 0.704. The van der Waals surface area contributed by atoms with Gasteiger partial charge in [-0.2, -0.15) is 5.10 Å². The zero-order valence-corrected chi connectivity index (χ0v) is 15.4. The van der Waals surface area contributed by atoms with E-state index in [1.54, 1.807) is 4.68 Å². The lowest BCUT2D eigenvalue weighted by atomic mass is 10.1. The first-order valence-electron chi connectivity index (χ1n) is 7.66. The van der Waals surface area contributed by atoms with Crippen LogP contribution in [0.1, 0.15) is 27.3 Å². The topological polar surface area (TPSA) is 46.9 Å². The Hall–Kier alpha value is -2.40. The maximum absolute atomic E-state index is 12.8. The third-order valence-electron chi connectivity index (χ3n) is 3.96. The summed E-state index contributed by atoms with van der Waals surface area (Å²) in [5, 5.41) is 7.52. The molecule has 2 aromatic carbocycles. The predicted molar refractivity (Wildman–Crippen MR) is 99.9 cm³/mol. The number of amides is 1. The number of halogens is 1. The highest BCUT2D eigenvalue weighted by molar-refractivity contribution is 9.10. The first-order valence-corrected chi connectivity index (χ1v) is 8.46. The summed E-state index contributed by atoms with van der Waals surface area (Å²) < 4.78 is 2.79. The standard InChI is InChI=1S/C19H18BrN3O/c1-12-11-15(20)9-10-17(12)21-19(24)18-13(2)22-23(14(18)3)16-7-5-4-6-8-16/h4-11H,1-3H3,(H,21,24). The highest BCUT2D eigenvalue weighted by atomic mass is 79.9. The number of carbonyl (C=O) groups excluding carboxylic acids is 1. The van der Waals surface area contributed by atoms with Crippen LogP contribution in [-0.4, -0.2) is 15.7 Å². The van der Waals surface area contributed by atoms with Crippen LogP contribution in [-0.2, 0) is 0 Å². The number of hydrogen-bond acceptors (Lipinski definition) is 2. The molecule has 0 atom stereocenters. The van der Waals surface area contributed by atoms with Crippen LogP contribution in [0.3, 0.4) is 0 Å². The van der Waals surface area contributed by atoms with E-state index in [9.17, 15) is 4.79 Å². The summed E-state index contributed by atoms with van der Waals surface area (Å²) in [6.07, 6.45) is 0. The lowest BCUT2D eigenvalue weighted by Crippen LogP contribution is -2.15. The van der Waals surface area contributed by atoms with Crippen LogP contribution >= 0.6 is 15.9 Å². The van der Waals surface area contributed by atoms with Crippen molar-refractivity contribution >= 4 is 27.5 Å². The molecule has 0 aliphatic rings. The van der Waals surface area contributed by atoms with E-state index < -0.39 is 0 Å². The zero-order chi connectivity index (χ0) is 17.3. The van der Waals surface area contributed by atoms with Gasteiger partial charge in [0.15, 0.2) is 0 Å². The molecular weight excluding hydrogens is 366 g/mol. The maximum Gasteiger partial charge on any atom is 0.259 e. The molecule has 0 unspecified atom stereocenters. The number of nitrogens with zero attached hydrogens (tertiary/aromatic N) is 2. The number of nitrogens with one attached hydrogen (secondary N) is 1. The lowest BCUT2D eigenvalue weighted by Gasteiger charge is -2.09. The molecule has 0 radical (unpaired) electrons. The molecule has 0 fully saturated rings. The monoisotopic (exact) mass is 383 g/mol. The van der Waals surface area contributed by atoms with Crippen molar-refractivity contribution in [2.24, 2.45) is 0 Å². The SMILES string of the molecule is Cc1cc(Br)ccc1NC(=O)c1c(C)nn(-c2ccccc2)c1C. The van der Waals surface area contributed by atoms with E-state index in [2.05, 4.69) is 26.3 Å². The summed E-state index contributed by atoms with van der Waals surface area (Å²) in [6, 6.07) is 15.6. The molecule has 4 nitrogen and oxygen atoms in total. The van der Waals surface area contributed by atoms with Gasteiger partial charge in [0, 0.05) is 10.2 Å². The third kappa shape index (κ3) is 3.12. The lowest BCUT2D eigenvalue weighted by molar-refractivity contribution is 0.102. The Labute approximate surface area is 149 Å². The molecular formula is C19H18BrN3O. The number of para-hydroxylation sites is 1. The van der Waals surface area contributed by atoms with Gasteiger partial charge in [-0.1, -0.05) is 34.1 Å². The second-order valence-corrected chi connectivity index (χ2v) is 6.62. The summed E-state index contributed by atoms with van der Waals surface area (Å²) in [6.45, 7) is 5.74. The molecule has 0 saturated heterocycles. The molecule has 0 aliphatic heterocycles. The molecule has 3 aromatic rings. The summed E-state index contributed by atoms with van der Waals surface area (Å²) >= 11 is 3.43. The van der Waals surface area contributed by atoms with E-state index in [0.29, 0.717) is 11.3 Å². The molecule has 0 spiro atoms. The van der Waals surface area contributed by atoms with Crippen molar-refractivity contribution in [2.75, 3.05) is 5.32 Å². The van der Waals surface area contributed by atoms with Gasteiger partial charge in [-0.15, -0.1) is 0 Å². The zero-order valence-electron chi connectivity index (χ0n) is 13.8. The minimum atomic E-state index is -0.141. The fourth-order valence-corrected chi connectivity index (χ4v) is 3.22. The van der Waals surface area contributed by atoms with Gasteiger partial charge < -0.3 is 5.32 Å². The molecule has 1 N–H and O–H groups in total. The third-order valence-corrected chi connectivity index (χ3v) is 4.45. The summed E-state index contributed by atoms with van der Waals surface area (Å²) in [7, 11) is 0. The summed E-state index contributed by atoms with van der Waals surface area (Å²) in [5.41, 5.74) is 4.89. The highest BCUT2D eigenvalue weighted by Gasteiger charge is 2.20. The molecule has 0 aliphatic carbocycles. The minimum Gasteiger partial charge on any atom is -0.322 e. The van der Waals surface area contributed by atoms with Gasteiger partial charge in [0.1, 0.15) is 0 Å². The average Bonchev–Trinajstić information content (AvgIpc) is 2.85. The van der Waals surface area contributed by atoms with Crippen LogP contribution in [0, 0.1) is 20.8 Å². The van der Waals surface area contributed by atoms with Gasteiger partial charge in [-0.05, 0) is 56.7 Å². The number of carbonyl (C=O) groups is 1. The Balaban J connectivity index is 1.95. The van der Waals surface area contributed by atoms with Crippen LogP contribution in [0.15, 0.2) is 53.0 Å². The molecule has 24 heavy (non-hydrogen) atoms. The van der Waals surface area contributed by atoms with Gasteiger partial charge in [-0.25, -0.2) is 4.68 Å². The molecule has 122 valence electrons. The molecule has 0 saturated carbocycles. The number of benzene rings is 2. The fourth-order valence-electron chi connectivity index (χ4n) is 2.74. The average molecular weight is 384 g/mol. The van der Waals surface area contributed by atoms with Crippen molar-refractivity contribution in [1.82, 2.24) is 9.78 Å². The van der Waals surface area contributed by atoms with Crippen molar-refractivity contribution in [3.63, 3.8) is 0 Å². The molecule has 0 bridgehead atoms. The Bertz CT molecular complexity index is 900. The molecule has 1 amide bonds. The van der Waals surface area contributed by atoms with Crippen molar-refractivity contribution in [1.29, 1.82) is 0 Å². The molecule has 3 rings (SSSR count). The molecule has 5 heteroatoms. The smallest absolute Gasteiger partial charge is 0.259 e. The maximum atomic E-state index is 12.8. The van der Waals surface area contributed by atoms with E-state index >= 15 is 0 Å². The largest absolute Gasteiger partial charge is 0.322 e.